The second-order valence-electron chi connectivity index (χ2n) is 4.22. The standard InChI is InChI=1S/C14H22N2O2/c1-3-5-11-6-8-12(9-7-11)18-10-13(14(15)17)16-4-2/h6-9,13,16H,3-5,10H2,1-2H3,(H2,15,17). The summed E-state index contributed by atoms with van der Waals surface area (Å²) in [6, 6.07) is 7.51. The maximum absolute atomic E-state index is 11.1. The normalized spacial score (nSPS) is 12.1. The van der Waals surface area contributed by atoms with Crippen LogP contribution in [0.5, 0.6) is 5.75 Å². The number of rotatable bonds is 8. The molecule has 3 N–H and O–H groups in total. The first kappa shape index (κ1) is 14.5. The molecule has 1 rings (SSSR count). The van der Waals surface area contributed by atoms with Crippen molar-refractivity contribution >= 4 is 5.91 Å². The smallest absolute Gasteiger partial charge is 0.238 e. The van der Waals surface area contributed by atoms with Crippen LogP contribution in [0.3, 0.4) is 0 Å². The summed E-state index contributed by atoms with van der Waals surface area (Å²) in [6.45, 7) is 5.02. The Morgan fingerprint density at radius 1 is 1.33 bits per heavy atom. The lowest BCUT2D eigenvalue weighted by atomic mass is 10.1. The zero-order valence-corrected chi connectivity index (χ0v) is 11.1. The van der Waals surface area contributed by atoms with Crippen molar-refractivity contribution in [2.24, 2.45) is 5.73 Å². The van der Waals surface area contributed by atoms with Crippen molar-refractivity contribution in [1.82, 2.24) is 5.32 Å². The van der Waals surface area contributed by atoms with Crippen molar-refractivity contribution in [3.63, 3.8) is 0 Å². The van der Waals surface area contributed by atoms with Gasteiger partial charge in [0.2, 0.25) is 5.91 Å². The fourth-order valence-corrected chi connectivity index (χ4v) is 1.71. The van der Waals surface area contributed by atoms with Gasteiger partial charge in [-0.15, -0.1) is 0 Å². The molecule has 1 unspecified atom stereocenters. The number of benzene rings is 1. The highest BCUT2D eigenvalue weighted by Gasteiger charge is 2.14. The fourth-order valence-electron chi connectivity index (χ4n) is 1.71. The predicted octanol–water partition coefficient (Wildman–Crippen LogP) is 1.48. The van der Waals surface area contributed by atoms with Crippen molar-refractivity contribution in [3.8, 4) is 5.75 Å². The second-order valence-corrected chi connectivity index (χ2v) is 4.22. The zero-order valence-electron chi connectivity index (χ0n) is 11.1. The zero-order chi connectivity index (χ0) is 13.4. The van der Waals surface area contributed by atoms with Crippen LogP contribution in [0.25, 0.3) is 0 Å². The van der Waals surface area contributed by atoms with Gasteiger partial charge in [0.15, 0.2) is 0 Å². The molecule has 0 radical (unpaired) electrons. The molecule has 0 bridgehead atoms. The van der Waals surface area contributed by atoms with Crippen molar-refractivity contribution in [1.29, 1.82) is 0 Å². The average molecular weight is 250 g/mol. The topological polar surface area (TPSA) is 64.3 Å². The van der Waals surface area contributed by atoms with Crippen LogP contribution in [0.4, 0.5) is 0 Å². The number of carbonyl (C=O) groups excluding carboxylic acids is 1. The van der Waals surface area contributed by atoms with E-state index in [9.17, 15) is 4.79 Å². The molecular weight excluding hydrogens is 228 g/mol. The van der Waals surface area contributed by atoms with Gasteiger partial charge < -0.3 is 15.8 Å². The van der Waals surface area contributed by atoms with Crippen LogP contribution in [0, 0.1) is 0 Å². The van der Waals surface area contributed by atoms with Crippen LogP contribution < -0.4 is 15.8 Å². The van der Waals surface area contributed by atoms with Crippen LogP contribution in [0.15, 0.2) is 24.3 Å². The van der Waals surface area contributed by atoms with E-state index >= 15 is 0 Å². The molecule has 0 aromatic heterocycles. The number of carbonyl (C=O) groups is 1. The summed E-state index contributed by atoms with van der Waals surface area (Å²) in [5.74, 6) is 0.374. The number of likely N-dealkylation sites (N-methyl/N-ethyl adjacent to an activating group) is 1. The number of ether oxygens (including phenoxy) is 1. The Bertz CT molecular complexity index is 363. The largest absolute Gasteiger partial charge is 0.491 e. The summed E-state index contributed by atoms with van der Waals surface area (Å²) in [7, 11) is 0. The number of hydrogen-bond donors (Lipinski definition) is 2. The van der Waals surface area contributed by atoms with Crippen LogP contribution in [0.2, 0.25) is 0 Å². The molecule has 0 aliphatic rings. The first-order valence-electron chi connectivity index (χ1n) is 6.41. The molecule has 0 fully saturated rings. The molecule has 1 aromatic carbocycles. The fraction of sp³-hybridized carbons (Fsp3) is 0.500. The lowest BCUT2D eigenvalue weighted by Gasteiger charge is -2.15. The van der Waals surface area contributed by atoms with Crippen LogP contribution >= 0.6 is 0 Å². The molecule has 1 amide bonds. The molecule has 0 saturated heterocycles. The van der Waals surface area contributed by atoms with Gasteiger partial charge in [-0.05, 0) is 30.7 Å². The first-order chi connectivity index (χ1) is 8.67. The van der Waals surface area contributed by atoms with Crippen molar-refractivity contribution in [3.05, 3.63) is 29.8 Å². The summed E-state index contributed by atoms with van der Waals surface area (Å²) in [4.78, 5) is 11.1. The monoisotopic (exact) mass is 250 g/mol. The number of hydrogen-bond acceptors (Lipinski definition) is 3. The van der Waals surface area contributed by atoms with Gasteiger partial charge in [-0.25, -0.2) is 0 Å². The highest BCUT2D eigenvalue weighted by atomic mass is 16.5. The summed E-state index contributed by atoms with van der Waals surface area (Å²) in [6.07, 6.45) is 2.20. The minimum Gasteiger partial charge on any atom is -0.491 e. The molecule has 1 aromatic rings. The minimum absolute atomic E-state index is 0.260. The molecule has 100 valence electrons. The van der Waals surface area contributed by atoms with Gasteiger partial charge in [0, 0.05) is 0 Å². The quantitative estimate of drug-likeness (QED) is 0.734. The van der Waals surface area contributed by atoms with Crippen LogP contribution in [-0.2, 0) is 11.2 Å². The second kappa shape index (κ2) is 7.71. The first-order valence-corrected chi connectivity index (χ1v) is 6.41. The van der Waals surface area contributed by atoms with Crippen molar-refractivity contribution in [2.45, 2.75) is 32.7 Å². The highest BCUT2D eigenvalue weighted by molar-refractivity contribution is 5.80. The summed E-state index contributed by atoms with van der Waals surface area (Å²) in [5, 5.41) is 2.98. The molecule has 0 heterocycles. The molecule has 0 spiro atoms. The number of amides is 1. The SMILES string of the molecule is CCCc1ccc(OCC(NCC)C(N)=O)cc1. The Morgan fingerprint density at radius 2 is 2.00 bits per heavy atom. The Morgan fingerprint density at radius 3 is 2.50 bits per heavy atom. The third kappa shape index (κ3) is 4.75. The summed E-state index contributed by atoms with van der Waals surface area (Å²) < 4.78 is 5.55. The van der Waals surface area contributed by atoms with Crippen LogP contribution in [-0.4, -0.2) is 25.1 Å². The Kier molecular flexibility index (Phi) is 6.22. The van der Waals surface area contributed by atoms with Crippen molar-refractivity contribution in [2.75, 3.05) is 13.2 Å². The van der Waals surface area contributed by atoms with Gasteiger partial charge in [-0.3, -0.25) is 4.79 Å². The number of nitrogens with one attached hydrogen (secondary N) is 1. The lowest BCUT2D eigenvalue weighted by molar-refractivity contribution is -0.120. The molecule has 4 heteroatoms. The third-order valence-electron chi connectivity index (χ3n) is 2.67. The predicted molar refractivity (Wildman–Crippen MR) is 72.6 cm³/mol. The number of primary amides is 1. The maximum Gasteiger partial charge on any atom is 0.238 e. The van der Waals surface area contributed by atoms with Gasteiger partial charge in [-0.1, -0.05) is 32.4 Å². The Hall–Kier alpha value is -1.55. The maximum atomic E-state index is 11.1. The van der Waals surface area contributed by atoms with E-state index in [0.29, 0.717) is 6.54 Å². The molecule has 0 saturated carbocycles. The average Bonchev–Trinajstić information content (AvgIpc) is 2.36. The van der Waals surface area contributed by atoms with Crippen molar-refractivity contribution < 1.29 is 9.53 Å². The van der Waals surface area contributed by atoms with Gasteiger partial charge in [0.1, 0.15) is 18.4 Å². The Balaban J connectivity index is 2.48. The highest BCUT2D eigenvalue weighted by Crippen LogP contribution is 2.13. The summed E-state index contributed by atoms with van der Waals surface area (Å²) in [5.41, 5.74) is 6.56. The number of aryl methyl sites for hydroxylation is 1. The van der Waals surface area contributed by atoms with E-state index in [0.717, 1.165) is 18.6 Å². The van der Waals surface area contributed by atoms with Crippen LogP contribution in [0.1, 0.15) is 25.8 Å². The van der Waals surface area contributed by atoms with E-state index in [4.69, 9.17) is 10.5 Å². The van der Waals surface area contributed by atoms with E-state index in [1.54, 1.807) is 0 Å². The van der Waals surface area contributed by atoms with Gasteiger partial charge >= 0.3 is 0 Å². The summed E-state index contributed by atoms with van der Waals surface area (Å²) >= 11 is 0. The molecule has 0 aliphatic carbocycles. The Labute approximate surface area is 109 Å². The van der Waals surface area contributed by atoms with Gasteiger partial charge in [-0.2, -0.15) is 0 Å². The van der Waals surface area contributed by atoms with Gasteiger partial charge in [0.25, 0.3) is 0 Å². The third-order valence-corrected chi connectivity index (χ3v) is 2.67. The van der Waals surface area contributed by atoms with E-state index < -0.39 is 6.04 Å². The van der Waals surface area contributed by atoms with E-state index in [1.807, 2.05) is 31.2 Å². The van der Waals surface area contributed by atoms with E-state index in [-0.39, 0.29) is 12.5 Å². The van der Waals surface area contributed by atoms with Gasteiger partial charge in [0.05, 0.1) is 0 Å². The molecule has 18 heavy (non-hydrogen) atoms. The van der Waals surface area contributed by atoms with E-state index in [2.05, 4.69) is 12.2 Å². The lowest BCUT2D eigenvalue weighted by Crippen LogP contribution is -2.45. The molecule has 4 nitrogen and oxygen atoms in total. The number of nitrogens with two attached hydrogens (primary N) is 1. The van der Waals surface area contributed by atoms with E-state index in [1.165, 1.54) is 5.56 Å². The molecule has 0 aliphatic heterocycles. The minimum atomic E-state index is -0.440. The molecule has 1 atom stereocenters. The molecular formula is C14H22N2O2.